The molecule has 1 atom stereocenters. The number of hydrogen-bond acceptors (Lipinski definition) is 6. The highest BCUT2D eigenvalue weighted by molar-refractivity contribution is 7.92. The van der Waals surface area contributed by atoms with Crippen molar-refractivity contribution >= 4 is 31.2 Å². The summed E-state index contributed by atoms with van der Waals surface area (Å²) >= 11 is 1.28. The molecule has 23 heavy (non-hydrogen) atoms. The lowest BCUT2D eigenvalue weighted by molar-refractivity contribution is 0.161. The van der Waals surface area contributed by atoms with Crippen molar-refractivity contribution in [1.82, 2.24) is 9.62 Å². The van der Waals surface area contributed by atoms with Crippen LogP contribution in [0.4, 0.5) is 0 Å². The maximum Gasteiger partial charge on any atom is 0.250 e. The van der Waals surface area contributed by atoms with Crippen molar-refractivity contribution in [3.8, 4) is 0 Å². The first-order valence-corrected chi connectivity index (χ1v) is 11.9. The molecule has 6 nitrogen and oxygen atoms in total. The smallest absolute Gasteiger partial charge is 0.250 e. The number of piperidine rings is 1. The quantitative estimate of drug-likeness (QED) is 0.845. The Hall–Kier alpha value is -0.480. The van der Waals surface area contributed by atoms with E-state index in [1.54, 1.807) is 6.07 Å². The van der Waals surface area contributed by atoms with Crippen molar-refractivity contribution in [2.45, 2.75) is 42.5 Å². The van der Waals surface area contributed by atoms with E-state index in [0.717, 1.165) is 30.8 Å². The Morgan fingerprint density at radius 3 is 2.43 bits per heavy atom. The van der Waals surface area contributed by atoms with Crippen LogP contribution < -0.4 is 4.72 Å². The van der Waals surface area contributed by atoms with Crippen LogP contribution >= 0.6 is 11.3 Å². The maximum atomic E-state index is 12.3. The molecular formula is C14H22N2O4S3. The molecule has 0 amide bonds. The predicted molar refractivity (Wildman–Crippen MR) is 91.0 cm³/mol. The minimum absolute atomic E-state index is 0.0725. The molecule has 0 unspecified atom stereocenters. The third kappa shape index (κ3) is 4.14. The van der Waals surface area contributed by atoms with Crippen LogP contribution in [0.3, 0.4) is 0 Å². The fourth-order valence-corrected chi connectivity index (χ4v) is 7.65. The van der Waals surface area contributed by atoms with E-state index in [1.165, 1.54) is 11.3 Å². The van der Waals surface area contributed by atoms with Crippen molar-refractivity contribution in [2.24, 2.45) is 0 Å². The third-order valence-electron chi connectivity index (χ3n) is 4.56. The van der Waals surface area contributed by atoms with E-state index in [2.05, 4.69) is 9.62 Å². The van der Waals surface area contributed by atoms with Gasteiger partial charge in [-0.3, -0.25) is 4.90 Å². The second-order valence-corrected chi connectivity index (χ2v) is 11.8. The Kier molecular flexibility index (Phi) is 4.85. The standard InChI is InChI=1S/C14H22N2O4S3/c1-11-2-3-14(21-11)23(19,20)15-12-4-7-16(8-5-12)13-6-9-22(17,18)10-13/h2-3,12-13,15H,4-10H2,1H3/t13-/m1/s1. The van der Waals surface area contributed by atoms with Gasteiger partial charge < -0.3 is 0 Å². The molecule has 9 heteroatoms. The molecular weight excluding hydrogens is 356 g/mol. The first kappa shape index (κ1) is 17.3. The zero-order valence-corrected chi connectivity index (χ0v) is 15.5. The summed E-state index contributed by atoms with van der Waals surface area (Å²) in [5.74, 6) is 0.528. The number of likely N-dealkylation sites (tertiary alicyclic amines) is 1. The van der Waals surface area contributed by atoms with Gasteiger partial charge in [0.2, 0.25) is 10.0 Å². The zero-order chi connectivity index (χ0) is 16.7. The van der Waals surface area contributed by atoms with Crippen molar-refractivity contribution in [1.29, 1.82) is 0 Å². The summed E-state index contributed by atoms with van der Waals surface area (Å²) in [5, 5.41) is 0. The van der Waals surface area contributed by atoms with Crippen LogP contribution in [0.15, 0.2) is 16.3 Å². The Balaban J connectivity index is 1.55. The molecule has 0 aliphatic carbocycles. The van der Waals surface area contributed by atoms with Crippen LogP contribution in [0.2, 0.25) is 0 Å². The Bertz CT molecular complexity index is 762. The van der Waals surface area contributed by atoms with Gasteiger partial charge in [-0.05, 0) is 51.4 Å². The SMILES string of the molecule is Cc1ccc(S(=O)(=O)NC2CCN([C@@H]3CCS(=O)(=O)C3)CC2)s1. The number of nitrogens with one attached hydrogen (secondary N) is 1. The van der Waals surface area contributed by atoms with Crippen LogP contribution in [0.25, 0.3) is 0 Å². The predicted octanol–water partition coefficient (Wildman–Crippen LogP) is 0.986. The van der Waals surface area contributed by atoms with Gasteiger partial charge in [0.25, 0.3) is 0 Å². The Morgan fingerprint density at radius 2 is 1.91 bits per heavy atom. The molecule has 2 aliphatic heterocycles. The monoisotopic (exact) mass is 378 g/mol. The van der Waals surface area contributed by atoms with E-state index in [1.807, 2.05) is 13.0 Å². The van der Waals surface area contributed by atoms with E-state index >= 15 is 0 Å². The Morgan fingerprint density at radius 1 is 1.22 bits per heavy atom. The van der Waals surface area contributed by atoms with Gasteiger partial charge in [-0.2, -0.15) is 0 Å². The molecule has 1 aromatic heterocycles. The summed E-state index contributed by atoms with van der Waals surface area (Å²) < 4.78 is 51.0. The number of aryl methyl sites for hydroxylation is 1. The number of thiophene rings is 1. The minimum Gasteiger partial charge on any atom is -0.299 e. The number of hydrogen-bond donors (Lipinski definition) is 1. The van der Waals surface area contributed by atoms with Gasteiger partial charge in [0.1, 0.15) is 4.21 Å². The third-order valence-corrected chi connectivity index (χ3v) is 9.32. The number of sulfonamides is 1. The molecule has 2 aliphatic rings. The molecule has 3 heterocycles. The van der Waals surface area contributed by atoms with E-state index in [9.17, 15) is 16.8 Å². The van der Waals surface area contributed by atoms with E-state index in [0.29, 0.717) is 10.6 Å². The molecule has 2 saturated heterocycles. The summed E-state index contributed by atoms with van der Waals surface area (Å²) in [6.45, 7) is 3.38. The number of sulfone groups is 1. The molecule has 3 rings (SSSR count). The van der Waals surface area contributed by atoms with Gasteiger partial charge in [0.15, 0.2) is 9.84 Å². The normalized spacial score (nSPS) is 26.6. The van der Waals surface area contributed by atoms with Crippen molar-refractivity contribution in [3.05, 3.63) is 17.0 Å². The lowest BCUT2D eigenvalue weighted by Crippen LogP contribution is -2.48. The summed E-state index contributed by atoms with van der Waals surface area (Å²) in [4.78, 5) is 3.17. The molecule has 130 valence electrons. The lowest BCUT2D eigenvalue weighted by atomic mass is 10.0. The Labute approximate surface area is 141 Å². The fourth-order valence-electron chi connectivity index (χ4n) is 3.28. The molecule has 0 bridgehead atoms. The largest absolute Gasteiger partial charge is 0.299 e. The first-order chi connectivity index (χ1) is 10.8. The van der Waals surface area contributed by atoms with E-state index in [4.69, 9.17) is 0 Å². The van der Waals surface area contributed by atoms with Crippen LogP contribution in [0, 0.1) is 6.92 Å². The number of rotatable bonds is 4. The van der Waals surface area contributed by atoms with Gasteiger partial charge in [-0.1, -0.05) is 0 Å². The molecule has 0 aromatic carbocycles. The summed E-state index contributed by atoms with van der Waals surface area (Å²) in [6, 6.07) is 3.48. The van der Waals surface area contributed by atoms with Gasteiger partial charge >= 0.3 is 0 Å². The zero-order valence-electron chi connectivity index (χ0n) is 13.1. The van der Waals surface area contributed by atoms with Crippen molar-refractivity contribution in [3.63, 3.8) is 0 Å². The minimum atomic E-state index is -3.44. The maximum absolute atomic E-state index is 12.3. The van der Waals surface area contributed by atoms with Crippen molar-refractivity contribution in [2.75, 3.05) is 24.6 Å². The van der Waals surface area contributed by atoms with Gasteiger partial charge in [-0.15, -0.1) is 11.3 Å². The van der Waals surface area contributed by atoms with Gasteiger partial charge in [0, 0.05) is 17.0 Å². The first-order valence-electron chi connectivity index (χ1n) is 7.78. The summed E-state index contributed by atoms with van der Waals surface area (Å²) in [6.07, 6.45) is 2.15. The van der Waals surface area contributed by atoms with Crippen LogP contribution in [0.5, 0.6) is 0 Å². The lowest BCUT2D eigenvalue weighted by Gasteiger charge is -2.35. The van der Waals surface area contributed by atoms with E-state index in [-0.39, 0.29) is 23.6 Å². The average Bonchev–Trinajstić information content (AvgIpc) is 3.05. The van der Waals surface area contributed by atoms with Crippen molar-refractivity contribution < 1.29 is 16.8 Å². The molecule has 1 aromatic rings. The topological polar surface area (TPSA) is 83.6 Å². The van der Waals surface area contributed by atoms with Crippen LogP contribution in [-0.2, 0) is 19.9 Å². The molecule has 0 radical (unpaired) electrons. The van der Waals surface area contributed by atoms with Gasteiger partial charge in [0.05, 0.1) is 11.5 Å². The second-order valence-electron chi connectivity index (χ2n) is 6.35. The molecule has 1 N–H and O–H groups in total. The van der Waals surface area contributed by atoms with Crippen LogP contribution in [0.1, 0.15) is 24.1 Å². The highest BCUT2D eigenvalue weighted by Crippen LogP contribution is 2.24. The molecule has 0 saturated carbocycles. The highest BCUT2D eigenvalue weighted by atomic mass is 32.2. The molecule has 0 spiro atoms. The number of nitrogens with zero attached hydrogens (tertiary/aromatic N) is 1. The second kappa shape index (κ2) is 6.44. The molecule has 2 fully saturated rings. The summed E-state index contributed by atoms with van der Waals surface area (Å²) in [7, 11) is -6.31. The highest BCUT2D eigenvalue weighted by Gasteiger charge is 2.34. The van der Waals surface area contributed by atoms with E-state index < -0.39 is 19.9 Å². The average molecular weight is 379 g/mol. The van der Waals surface area contributed by atoms with Crippen LogP contribution in [-0.4, -0.2) is 58.4 Å². The fraction of sp³-hybridized carbons (Fsp3) is 0.714. The van der Waals surface area contributed by atoms with Gasteiger partial charge in [-0.25, -0.2) is 21.6 Å². The summed E-state index contributed by atoms with van der Waals surface area (Å²) in [5.41, 5.74) is 0.